The van der Waals surface area contributed by atoms with Gasteiger partial charge in [0.1, 0.15) is 0 Å². The molecule has 1 N–H and O–H groups in total. The van der Waals surface area contributed by atoms with Gasteiger partial charge in [0.25, 0.3) is 0 Å². The Kier molecular flexibility index (Phi) is 6.63. The van der Waals surface area contributed by atoms with Crippen LogP contribution in [0.15, 0.2) is 30.3 Å². The van der Waals surface area contributed by atoms with Crippen LogP contribution in [0.25, 0.3) is 0 Å². The van der Waals surface area contributed by atoms with Crippen molar-refractivity contribution in [1.82, 2.24) is 10.2 Å². The number of carbonyl (C=O) groups is 2. The van der Waals surface area contributed by atoms with Crippen molar-refractivity contribution in [2.45, 2.75) is 52.0 Å². The van der Waals surface area contributed by atoms with Crippen LogP contribution in [0.1, 0.15) is 45.1 Å². The molecule has 23 heavy (non-hydrogen) atoms. The number of hydrogen-bond acceptors (Lipinski definition) is 2. The van der Waals surface area contributed by atoms with Crippen molar-refractivity contribution in [3.63, 3.8) is 0 Å². The number of piperidine rings is 1. The van der Waals surface area contributed by atoms with E-state index in [2.05, 4.69) is 29.6 Å². The van der Waals surface area contributed by atoms with Crippen LogP contribution in [0, 0.1) is 5.92 Å². The molecule has 2 rings (SSSR count). The molecule has 2 unspecified atom stereocenters. The Bertz CT molecular complexity index is 515. The molecule has 0 bridgehead atoms. The van der Waals surface area contributed by atoms with Gasteiger partial charge in [-0.2, -0.15) is 0 Å². The standard InChI is InChI=1S/C19H28N2O2/c1-15(8-6-11-17-9-4-3-5-10-17)19(23)21-13-7-12-18(14-21)20-16(2)22/h3-5,9-10,15,18H,6-8,11-14H2,1-2H3,(H,20,22). The second kappa shape index (κ2) is 8.70. The van der Waals surface area contributed by atoms with Crippen molar-refractivity contribution >= 4 is 11.8 Å². The molecule has 1 aromatic carbocycles. The molecule has 1 heterocycles. The second-order valence-corrected chi connectivity index (χ2v) is 6.60. The van der Waals surface area contributed by atoms with Gasteiger partial charge in [-0.15, -0.1) is 0 Å². The maximum absolute atomic E-state index is 12.6. The molecule has 0 saturated carbocycles. The summed E-state index contributed by atoms with van der Waals surface area (Å²) in [6.07, 6.45) is 4.89. The molecule has 0 radical (unpaired) electrons. The summed E-state index contributed by atoms with van der Waals surface area (Å²) in [5.41, 5.74) is 1.33. The third-order valence-corrected chi connectivity index (χ3v) is 4.51. The van der Waals surface area contributed by atoms with Gasteiger partial charge in [-0.25, -0.2) is 0 Å². The third kappa shape index (κ3) is 5.70. The molecule has 0 aromatic heterocycles. The molecule has 1 aliphatic rings. The number of benzene rings is 1. The summed E-state index contributed by atoms with van der Waals surface area (Å²) >= 11 is 0. The monoisotopic (exact) mass is 316 g/mol. The van der Waals surface area contributed by atoms with E-state index in [0.29, 0.717) is 6.54 Å². The van der Waals surface area contributed by atoms with Crippen LogP contribution < -0.4 is 5.32 Å². The van der Waals surface area contributed by atoms with Crippen molar-refractivity contribution in [1.29, 1.82) is 0 Å². The highest BCUT2D eigenvalue weighted by Gasteiger charge is 2.26. The van der Waals surface area contributed by atoms with Crippen molar-refractivity contribution in [2.24, 2.45) is 5.92 Å². The van der Waals surface area contributed by atoms with Gasteiger partial charge in [0.05, 0.1) is 0 Å². The summed E-state index contributed by atoms with van der Waals surface area (Å²) in [5.74, 6) is 0.267. The first-order valence-corrected chi connectivity index (χ1v) is 8.66. The molecule has 1 aromatic rings. The number of amides is 2. The van der Waals surface area contributed by atoms with Crippen molar-refractivity contribution in [2.75, 3.05) is 13.1 Å². The zero-order valence-corrected chi connectivity index (χ0v) is 14.3. The minimum absolute atomic E-state index is 0.0137. The summed E-state index contributed by atoms with van der Waals surface area (Å²) in [5, 5.41) is 2.94. The lowest BCUT2D eigenvalue weighted by Gasteiger charge is -2.34. The van der Waals surface area contributed by atoms with Crippen LogP contribution in [-0.4, -0.2) is 35.8 Å². The van der Waals surface area contributed by atoms with E-state index < -0.39 is 0 Å². The maximum atomic E-state index is 12.6. The van der Waals surface area contributed by atoms with Gasteiger partial charge in [0.2, 0.25) is 11.8 Å². The number of rotatable bonds is 6. The summed E-state index contributed by atoms with van der Waals surface area (Å²) < 4.78 is 0. The lowest BCUT2D eigenvalue weighted by atomic mass is 9.98. The first-order chi connectivity index (χ1) is 11.1. The van der Waals surface area contributed by atoms with Gasteiger partial charge in [-0.1, -0.05) is 37.3 Å². The fraction of sp³-hybridized carbons (Fsp3) is 0.579. The molecule has 1 fully saturated rings. The Hall–Kier alpha value is -1.84. The minimum atomic E-state index is -0.0137. The number of carbonyl (C=O) groups excluding carboxylic acids is 2. The van der Waals surface area contributed by atoms with Crippen molar-refractivity contribution in [3.8, 4) is 0 Å². The Morgan fingerprint density at radius 3 is 2.74 bits per heavy atom. The minimum Gasteiger partial charge on any atom is -0.352 e. The van der Waals surface area contributed by atoms with E-state index in [0.717, 1.165) is 38.6 Å². The highest BCUT2D eigenvalue weighted by molar-refractivity contribution is 5.79. The van der Waals surface area contributed by atoms with Crippen LogP contribution >= 0.6 is 0 Å². The SMILES string of the molecule is CC(=O)NC1CCCN(C(=O)C(C)CCCc2ccccc2)C1. The second-order valence-electron chi connectivity index (χ2n) is 6.60. The summed E-state index contributed by atoms with van der Waals surface area (Å²) in [4.78, 5) is 25.7. The van der Waals surface area contributed by atoms with Crippen LogP contribution in [-0.2, 0) is 16.0 Å². The normalized spacial score (nSPS) is 19.2. The average Bonchev–Trinajstić information content (AvgIpc) is 2.54. The van der Waals surface area contributed by atoms with Gasteiger partial charge >= 0.3 is 0 Å². The van der Waals surface area contributed by atoms with Gasteiger partial charge in [0.15, 0.2) is 0 Å². The predicted molar refractivity (Wildman–Crippen MR) is 92.0 cm³/mol. The van der Waals surface area contributed by atoms with Crippen molar-refractivity contribution in [3.05, 3.63) is 35.9 Å². The molecule has 1 saturated heterocycles. The summed E-state index contributed by atoms with van der Waals surface area (Å²) in [7, 11) is 0. The first-order valence-electron chi connectivity index (χ1n) is 8.66. The smallest absolute Gasteiger partial charge is 0.225 e. The fourth-order valence-electron chi connectivity index (χ4n) is 3.27. The predicted octanol–water partition coefficient (Wildman–Crippen LogP) is 2.77. The van der Waals surface area contributed by atoms with E-state index in [9.17, 15) is 9.59 Å². The largest absolute Gasteiger partial charge is 0.352 e. The molecule has 2 atom stereocenters. The van der Waals surface area contributed by atoms with Gasteiger partial charge in [-0.3, -0.25) is 9.59 Å². The molecule has 0 aliphatic carbocycles. The van der Waals surface area contributed by atoms with Crippen LogP contribution in [0.4, 0.5) is 0 Å². The Morgan fingerprint density at radius 2 is 2.04 bits per heavy atom. The van der Waals surface area contributed by atoms with E-state index in [1.807, 2.05) is 17.9 Å². The van der Waals surface area contributed by atoms with Crippen LogP contribution in [0.5, 0.6) is 0 Å². The first kappa shape index (κ1) is 17.5. The quantitative estimate of drug-likeness (QED) is 0.877. The van der Waals surface area contributed by atoms with E-state index in [-0.39, 0.29) is 23.8 Å². The van der Waals surface area contributed by atoms with E-state index in [4.69, 9.17) is 0 Å². The molecular formula is C19H28N2O2. The number of hydrogen-bond donors (Lipinski definition) is 1. The average molecular weight is 316 g/mol. The molecular weight excluding hydrogens is 288 g/mol. The highest BCUT2D eigenvalue weighted by atomic mass is 16.2. The van der Waals surface area contributed by atoms with E-state index in [1.54, 1.807) is 0 Å². The fourth-order valence-corrected chi connectivity index (χ4v) is 3.27. The number of likely N-dealkylation sites (tertiary alicyclic amines) is 1. The van der Waals surface area contributed by atoms with Crippen LogP contribution in [0.3, 0.4) is 0 Å². The topological polar surface area (TPSA) is 49.4 Å². The number of nitrogens with one attached hydrogen (secondary N) is 1. The van der Waals surface area contributed by atoms with Crippen LogP contribution in [0.2, 0.25) is 0 Å². The summed E-state index contributed by atoms with van der Waals surface area (Å²) in [6, 6.07) is 10.5. The number of aryl methyl sites for hydroxylation is 1. The lowest BCUT2D eigenvalue weighted by molar-refractivity contribution is -0.137. The zero-order chi connectivity index (χ0) is 16.7. The highest BCUT2D eigenvalue weighted by Crippen LogP contribution is 2.17. The summed E-state index contributed by atoms with van der Waals surface area (Å²) in [6.45, 7) is 5.03. The van der Waals surface area contributed by atoms with Gasteiger partial charge < -0.3 is 10.2 Å². The molecule has 4 nitrogen and oxygen atoms in total. The van der Waals surface area contributed by atoms with Crippen molar-refractivity contribution < 1.29 is 9.59 Å². The lowest BCUT2D eigenvalue weighted by Crippen LogP contribution is -2.50. The van der Waals surface area contributed by atoms with Gasteiger partial charge in [-0.05, 0) is 37.7 Å². The molecule has 4 heteroatoms. The molecule has 1 aliphatic heterocycles. The zero-order valence-electron chi connectivity index (χ0n) is 14.3. The van der Waals surface area contributed by atoms with Gasteiger partial charge in [0, 0.05) is 32.0 Å². The third-order valence-electron chi connectivity index (χ3n) is 4.51. The Morgan fingerprint density at radius 1 is 1.30 bits per heavy atom. The molecule has 2 amide bonds. The Balaban J connectivity index is 1.76. The molecule has 126 valence electrons. The van der Waals surface area contributed by atoms with E-state index >= 15 is 0 Å². The number of nitrogens with zero attached hydrogens (tertiary/aromatic N) is 1. The molecule has 0 spiro atoms. The Labute approximate surface area is 139 Å². The maximum Gasteiger partial charge on any atom is 0.225 e. The van der Waals surface area contributed by atoms with E-state index in [1.165, 1.54) is 12.5 Å².